The molecule has 1 unspecified atom stereocenters. The molecule has 4 nitrogen and oxygen atoms in total. The van der Waals surface area contributed by atoms with Gasteiger partial charge >= 0.3 is 0 Å². The van der Waals surface area contributed by atoms with E-state index in [1.54, 1.807) is 24.0 Å². The van der Waals surface area contributed by atoms with Gasteiger partial charge in [0.05, 0.1) is 31.1 Å². The molecule has 0 bridgehead atoms. The first kappa shape index (κ1) is 13.5. The van der Waals surface area contributed by atoms with Crippen molar-refractivity contribution in [2.75, 3.05) is 11.9 Å². The Bertz CT molecular complexity index is 557. The van der Waals surface area contributed by atoms with E-state index in [0.29, 0.717) is 17.8 Å². The second kappa shape index (κ2) is 5.79. The van der Waals surface area contributed by atoms with E-state index in [1.807, 2.05) is 0 Å². The van der Waals surface area contributed by atoms with Crippen molar-refractivity contribution in [1.29, 1.82) is 0 Å². The molecule has 0 amide bonds. The third kappa shape index (κ3) is 3.29. The first-order chi connectivity index (χ1) is 9.10. The molecule has 2 N–H and O–H groups in total. The Morgan fingerprint density at radius 3 is 2.89 bits per heavy atom. The number of aliphatic hydroxyl groups excluding tert-OH is 1. The second-order valence-corrected chi connectivity index (χ2v) is 4.25. The second-order valence-electron chi connectivity index (χ2n) is 4.25. The fraction of sp³-hybridized carbons (Fsp3) is 0.308. The number of nitrogens with one attached hydrogen (secondary N) is 1. The molecular weight excluding hydrogens is 252 g/mol. The summed E-state index contributed by atoms with van der Waals surface area (Å²) < 4.78 is 28.0. The van der Waals surface area contributed by atoms with Crippen LogP contribution >= 0.6 is 0 Å². The van der Waals surface area contributed by atoms with Crippen molar-refractivity contribution in [2.24, 2.45) is 0 Å². The van der Waals surface area contributed by atoms with Crippen molar-refractivity contribution in [3.63, 3.8) is 0 Å². The van der Waals surface area contributed by atoms with Crippen LogP contribution in [-0.4, -0.2) is 21.5 Å². The molecule has 0 spiro atoms. The molecule has 0 radical (unpaired) electrons. The van der Waals surface area contributed by atoms with E-state index in [-0.39, 0.29) is 12.6 Å². The maximum Gasteiger partial charge on any atom is 0.131 e. The summed E-state index contributed by atoms with van der Waals surface area (Å²) in [5.74, 6) is -1.17. The molecule has 1 aromatic heterocycles. The number of hydrogen-bond acceptors (Lipinski definition) is 3. The molecule has 1 atom stereocenters. The summed E-state index contributed by atoms with van der Waals surface area (Å²) >= 11 is 0. The molecule has 102 valence electrons. The van der Waals surface area contributed by atoms with E-state index in [0.717, 1.165) is 6.07 Å². The highest BCUT2D eigenvalue weighted by atomic mass is 19.1. The summed E-state index contributed by atoms with van der Waals surface area (Å²) in [5, 5.41) is 15.9. The topological polar surface area (TPSA) is 50.1 Å². The van der Waals surface area contributed by atoms with E-state index in [1.165, 1.54) is 12.1 Å². The zero-order chi connectivity index (χ0) is 13.8. The van der Waals surface area contributed by atoms with Crippen molar-refractivity contribution in [3.05, 3.63) is 47.8 Å². The van der Waals surface area contributed by atoms with Crippen LogP contribution in [0.2, 0.25) is 0 Å². The maximum atomic E-state index is 13.6. The van der Waals surface area contributed by atoms with Crippen LogP contribution in [0, 0.1) is 11.6 Å². The quantitative estimate of drug-likeness (QED) is 0.874. The molecule has 0 aliphatic carbocycles. The van der Waals surface area contributed by atoms with Gasteiger partial charge in [-0.15, -0.1) is 0 Å². The van der Waals surface area contributed by atoms with Gasteiger partial charge in [0, 0.05) is 17.8 Å². The van der Waals surface area contributed by atoms with Crippen molar-refractivity contribution >= 4 is 5.69 Å². The van der Waals surface area contributed by atoms with E-state index in [4.69, 9.17) is 5.11 Å². The van der Waals surface area contributed by atoms with E-state index < -0.39 is 11.6 Å². The number of nitrogens with zero attached hydrogens (tertiary/aromatic N) is 2. The number of anilines is 1. The van der Waals surface area contributed by atoms with Crippen LogP contribution in [0.4, 0.5) is 14.5 Å². The minimum absolute atomic E-state index is 0.00324. The van der Waals surface area contributed by atoms with E-state index >= 15 is 0 Å². The lowest BCUT2D eigenvalue weighted by molar-refractivity contribution is 0.269. The molecule has 0 saturated carbocycles. The standard InChI is InChI=1S/C13H15F2N3O/c1-9(12-3-2-10(14)6-13(12)15)17-11-7-16-18(8-11)4-5-19/h2-3,6-9,17,19H,4-5H2,1H3. The normalized spacial score (nSPS) is 12.4. The van der Waals surface area contributed by atoms with Crippen LogP contribution in [0.3, 0.4) is 0 Å². The van der Waals surface area contributed by atoms with Crippen LogP contribution in [0.25, 0.3) is 0 Å². The lowest BCUT2D eigenvalue weighted by Crippen LogP contribution is -2.08. The van der Waals surface area contributed by atoms with Crippen LogP contribution in [0.15, 0.2) is 30.6 Å². The minimum Gasteiger partial charge on any atom is -0.394 e. The van der Waals surface area contributed by atoms with Crippen LogP contribution in [0.5, 0.6) is 0 Å². The van der Waals surface area contributed by atoms with Gasteiger partial charge in [-0.05, 0) is 13.0 Å². The molecule has 0 aliphatic rings. The van der Waals surface area contributed by atoms with Crippen LogP contribution < -0.4 is 5.32 Å². The minimum atomic E-state index is -0.593. The van der Waals surface area contributed by atoms with Crippen molar-refractivity contribution in [1.82, 2.24) is 9.78 Å². The van der Waals surface area contributed by atoms with Gasteiger partial charge in [-0.1, -0.05) is 6.07 Å². The van der Waals surface area contributed by atoms with Crippen molar-refractivity contribution < 1.29 is 13.9 Å². The number of aliphatic hydroxyl groups is 1. The highest BCUT2D eigenvalue weighted by Gasteiger charge is 2.12. The van der Waals surface area contributed by atoms with Gasteiger partial charge in [0.25, 0.3) is 0 Å². The third-order valence-corrected chi connectivity index (χ3v) is 2.77. The van der Waals surface area contributed by atoms with Gasteiger partial charge in [0.2, 0.25) is 0 Å². The molecule has 1 aromatic carbocycles. The Kier molecular flexibility index (Phi) is 4.11. The summed E-state index contributed by atoms with van der Waals surface area (Å²) in [5.41, 5.74) is 1.10. The monoisotopic (exact) mass is 267 g/mol. The molecule has 2 aromatic rings. The number of benzene rings is 1. The average molecular weight is 267 g/mol. The zero-order valence-corrected chi connectivity index (χ0v) is 10.5. The van der Waals surface area contributed by atoms with E-state index in [9.17, 15) is 8.78 Å². The first-order valence-electron chi connectivity index (χ1n) is 5.95. The number of hydrogen-bond donors (Lipinski definition) is 2. The molecule has 0 fully saturated rings. The Labute approximate surface area is 109 Å². The predicted octanol–water partition coefficient (Wildman–Crippen LogP) is 2.33. The number of halogens is 2. The molecule has 19 heavy (non-hydrogen) atoms. The van der Waals surface area contributed by atoms with Gasteiger partial charge < -0.3 is 10.4 Å². The number of aromatic nitrogens is 2. The summed E-state index contributed by atoms with van der Waals surface area (Å²) in [7, 11) is 0. The van der Waals surface area contributed by atoms with Gasteiger partial charge in [-0.25, -0.2) is 8.78 Å². The Morgan fingerprint density at radius 1 is 1.42 bits per heavy atom. The van der Waals surface area contributed by atoms with E-state index in [2.05, 4.69) is 10.4 Å². The largest absolute Gasteiger partial charge is 0.394 e. The van der Waals surface area contributed by atoms with Gasteiger partial charge in [-0.3, -0.25) is 4.68 Å². The smallest absolute Gasteiger partial charge is 0.131 e. The summed E-state index contributed by atoms with van der Waals surface area (Å²) in [6, 6.07) is 3.20. The number of rotatable bonds is 5. The summed E-state index contributed by atoms with van der Waals surface area (Å²) in [6.45, 7) is 2.18. The SMILES string of the molecule is CC(Nc1cnn(CCO)c1)c1ccc(F)cc1F. The summed E-state index contributed by atoms with van der Waals surface area (Å²) in [6.07, 6.45) is 3.31. The van der Waals surface area contributed by atoms with Crippen LogP contribution in [-0.2, 0) is 6.54 Å². The average Bonchev–Trinajstić information content (AvgIpc) is 2.76. The highest BCUT2D eigenvalue weighted by Crippen LogP contribution is 2.21. The predicted molar refractivity (Wildman–Crippen MR) is 67.7 cm³/mol. The Hall–Kier alpha value is -1.95. The molecule has 0 saturated heterocycles. The molecule has 1 heterocycles. The fourth-order valence-corrected chi connectivity index (χ4v) is 1.84. The molecule has 6 heteroatoms. The van der Waals surface area contributed by atoms with Gasteiger partial charge in [0.15, 0.2) is 0 Å². The molecule has 0 aliphatic heterocycles. The molecular formula is C13H15F2N3O. The lowest BCUT2D eigenvalue weighted by Gasteiger charge is -2.14. The third-order valence-electron chi connectivity index (χ3n) is 2.77. The Balaban J connectivity index is 2.09. The first-order valence-corrected chi connectivity index (χ1v) is 5.95. The Morgan fingerprint density at radius 2 is 2.21 bits per heavy atom. The van der Waals surface area contributed by atoms with Gasteiger partial charge in [0.1, 0.15) is 11.6 Å². The highest BCUT2D eigenvalue weighted by molar-refractivity contribution is 5.41. The van der Waals surface area contributed by atoms with Gasteiger partial charge in [-0.2, -0.15) is 5.10 Å². The maximum absolute atomic E-state index is 13.6. The lowest BCUT2D eigenvalue weighted by atomic mass is 10.1. The molecule has 2 rings (SSSR count). The van der Waals surface area contributed by atoms with Crippen molar-refractivity contribution in [2.45, 2.75) is 19.5 Å². The summed E-state index contributed by atoms with van der Waals surface area (Å²) in [4.78, 5) is 0. The zero-order valence-electron chi connectivity index (χ0n) is 10.5. The van der Waals surface area contributed by atoms with Crippen molar-refractivity contribution in [3.8, 4) is 0 Å². The van der Waals surface area contributed by atoms with Crippen LogP contribution in [0.1, 0.15) is 18.5 Å². The fourth-order valence-electron chi connectivity index (χ4n) is 1.84.